The summed E-state index contributed by atoms with van der Waals surface area (Å²) in [6.45, 7) is 2.05. The Kier molecular flexibility index (Phi) is 3.58. The molecule has 0 atom stereocenters. The Hall–Kier alpha value is -1.94. The average molecular weight is 257 g/mol. The van der Waals surface area contributed by atoms with Crippen LogP contribution in [-0.2, 0) is 0 Å². The zero-order valence-electron chi connectivity index (χ0n) is 10.4. The number of nitrogens with zero attached hydrogens (tertiary/aromatic N) is 2. The van der Waals surface area contributed by atoms with Gasteiger partial charge in [0.05, 0.1) is 0 Å². The molecule has 0 spiro atoms. The lowest BCUT2D eigenvalue weighted by Crippen LogP contribution is -2.14. The van der Waals surface area contributed by atoms with E-state index >= 15 is 0 Å². The largest absolute Gasteiger partial charge is 0.389 e. The highest BCUT2D eigenvalue weighted by atomic mass is 32.1. The van der Waals surface area contributed by atoms with Gasteiger partial charge in [-0.15, -0.1) is 0 Å². The first kappa shape index (κ1) is 12.5. The number of pyridine rings is 1. The van der Waals surface area contributed by atoms with E-state index in [0.29, 0.717) is 4.99 Å². The van der Waals surface area contributed by atoms with Gasteiger partial charge in [-0.2, -0.15) is 0 Å². The first-order valence-corrected chi connectivity index (χ1v) is 6.05. The summed E-state index contributed by atoms with van der Waals surface area (Å²) < 4.78 is 0. The van der Waals surface area contributed by atoms with Crippen molar-refractivity contribution in [1.29, 1.82) is 0 Å². The lowest BCUT2D eigenvalue weighted by Gasteiger charge is -2.19. The lowest BCUT2D eigenvalue weighted by atomic mass is 10.2. The van der Waals surface area contributed by atoms with Crippen LogP contribution in [0.2, 0.25) is 0 Å². The molecule has 0 fully saturated rings. The summed E-state index contributed by atoms with van der Waals surface area (Å²) in [7, 11) is 1.97. The first-order valence-electron chi connectivity index (χ1n) is 5.64. The highest BCUT2D eigenvalue weighted by Crippen LogP contribution is 2.22. The SMILES string of the molecule is Cc1ccnc(N(C)c2cccc(C(N)=S)c2)c1. The zero-order valence-corrected chi connectivity index (χ0v) is 11.2. The molecule has 2 rings (SSSR count). The lowest BCUT2D eigenvalue weighted by molar-refractivity contribution is 1.12. The quantitative estimate of drug-likeness (QED) is 0.859. The Balaban J connectivity index is 2.36. The average Bonchev–Trinajstić information content (AvgIpc) is 2.38. The number of benzene rings is 1. The van der Waals surface area contributed by atoms with Crippen LogP contribution >= 0.6 is 12.2 Å². The molecule has 2 N–H and O–H groups in total. The van der Waals surface area contributed by atoms with E-state index in [0.717, 1.165) is 17.1 Å². The predicted molar refractivity (Wildman–Crippen MR) is 79.4 cm³/mol. The fourth-order valence-electron chi connectivity index (χ4n) is 1.70. The standard InChI is InChI=1S/C14H15N3S/c1-10-6-7-16-13(8-10)17(2)12-5-3-4-11(9-12)14(15)18/h3-9H,1-2H3,(H2,15,18). The number of thiocarbonyl (C=S) groups is 1. The van der Waals surface area contributed by atoms with Gasteiger partial charge >= 0.3 is 0 Å². The highest BCUT2D eigenvalue weighted by molar-refractivity contribution is 7.80. The maximum absolute atomic E-state index is 5.64. The summed E-state index contributed by atoms with van der Waals surface area (Å²) in [6, 6.07) is 11.8. The maximum atomic E-state index is 5.64. The van der Waals surface area contributed by atoms with Crippen molar-refractivity contribution in [3.8, 4) is 0 Å². The van der Waals surface area contributed by atoms with Crippen molar-refractivity contribution in [2.45, 2.75) is 6.92 Å². The number of nitrogens with two attached hydrogens (primary N) is 1. The molecule has 0 amide bonds. The van der Waals surface area contributed by atoms with Crippen LogP contribution in [0.3, 0.4) is 0 Å². The summed E-state index contributed by atoms with van der Waals surface area (Å²) in [5.74, 6) is 0.898. The van der Waals surface area contributed by atoms with Crippen molar-refractivity contribution in [3.63, 3.8) is 0 Å². The molecular formula is C14H15N3S. The van der Waals surface area contributed by atoms with Crippen LogP contribution in [0.25, 0.3) is 0 Å². The van der Waals surface area contributed by atoms with E-state index in [-0.39, 0.29) is 0 Å². The van der Waals surface area contributed by atoms with E-state index in [2.05, 4.69) is 4.98 Å². The van der Waals surface area contributed by atoms with Crippen LogP contribution in [-0.4, -0.2) is 17.0 Å². The number of aryl methyl sites for hydroxylation is 1. The molecule has 4 heteroatoms. The third kappa shape index (κ3) is 2.65. The van der Waals surface area contributed by atoms with Crippen LogP contribution < -0.4 is 10.6 Å². The second-order valence-corrected chi connectivity index (χ2v) is 4.60. The normalized spacial score (nSPS) is 10.1. The zero-order chi connectivity index (χ0) is 13.1. The van der Waals surface area contributed by atoms with Gasteiger partial charge in [0, 0.05) is 24.5 Å². The van der Waals surface area contributed by atoms with E-state index < -0.39 is 0 Å². The Morgan fingerprint density at radius 2 is 2.06 bits per heavy atom. The molecule has 0 saturated heterocycles. The summed E-state index contributed by atoms with van der Waals surface area (Å²) >= 11 is 4.99. The van der Waals surface area contributed by atoms with Gasteiger partial charge < -0.3 is 10.6 Å². The van der Waals surface area contributed by atoms with Gasteiger partial charge in [0.2, 0.25) is 0 Å². The Morgan fingerprint density at radius 3 is 2.72 bits per heavy atom. The van der Waals surface area contributed by atoms with E-state index in [1.807, 2.05) is 55.3 Å². The number of anilines is 2. The van der Waals surface area contributed by atoms with Crippen molar-refractivity contribution in [2.75, 3.05) is 11.9 Å². The van der Waals surface area contributed by atoms with Crippen LogP contribution in [0, 0.1) is 6.92 Å². The smallest absolute Gasteiger partial charge is 0.132 e. The fraction of sp³-hybridized carbons (Fsp3) is 0.143. The van der Waals surface area contributed by atoms with Crippen molar-refractivity contribution < 1.29 is 0 Å². The molecule has 0 bridgehead atoms. The molecule has 18 heavy (non-hydrogen) atoms. The topological polar surface area (TPSA) is 42.2 Å². The van der Waals surface area contributed by atoms with Gasteiger partial charge in [-0.1, -0.05) is 24.4 Å². The van der Waals surface area contributed by atoms with E-state index in [9.17, 15) is 0 Å². The van der Waals surface area contributed by atoms with Gasteiger partial charge in [0.25, 0.3) is 0 Å². The number of rotatable bonds is 3. The molecule has 0 unspecified atom stereocenters. The second kappa shape index (κ2) is 5.14. The molecule has 0 radical (unpaired) electrons. The van der Waals surface area contributed by atoms with Crippen molar-refractivity contribution in [2.24, 2.45) is 5.73 Å². The molecule has 92 valence electrons. The molecule has 0 aliphatic rings. The fourth-order valence-corrected chi connectivity index (χ4v) is 1.83. The molecule has 1 heterocycles. The van der Waals surface area contributed by atoms with Crippen LogP contribution in [0.4, 0.5) is 11.5 Å². The summed E-state index contributed by atoms with van der Waals surface area (Å²) in [5.41, 5.74) is 8.70. The Labute approximate surface area is 112 Å². The summed E-state index contributed by atoms with van der Waals surface area (Å²) in [4.78, 5) is 6.77. The second-order valence-electron chi connectivity index (χ2n) is 4.16. The van der Waals surface area contributed by atoms with Crippen LogP contribution in [0.5, 0.6) is 0 Å². The molecule has 0 aliphatic heterocycles. The molecule has 0 aliphatic carbocycles. The van der Waals surface area contributed by atoms with Gasteiger partial charge in [-0.05, 0) is 36.8 Å². The molecule has 1 aromatic heterocycles. The molecule has 2 aromatic rings. The summed E-state index contributed by atoms with van der Waals surface area (Å²) in [5, 5.41) is 0. The van der Waals surface area contributed by atoms with E-state index in [1.165, 1.54) is 5.56 Å². The first-order chi connectivity index (χ1) is 8.58. The van der Waals surface area contributed by atoms with Crippen LogP contribution in [0.1, 0.15) is 11.1 Å². The third-order valence-corrected chi connectivity index (χ3v) is 3.00. The van der Waals surface area contributed by atoms with Gasteiger partial charge in [-0.3, -0.25) is 0 Å². The van der Waals surface area contributed by atoms with Crippen LogP contribution in [0.15, 0.2) is 42.6 Å². The van der Waals surface area contributed by atoms with Crippen molar-refractivity contribution in [1.82, 2.24) is 4.98 Å². The minimum Gasteiger partial charge on any atom is -0.389 e. The minimum atomic E-state index is 0.405. The Bertz CT molecular complexity index is 581. The Morgan fingerprint density at radius 1 is 1.28 bits per heavy atom. The third-order valence-electron chi connectivity index (χ3n) is 2.76. The van der Waals surface area contributed by atoms with Gasteiger partial charge in [-0.25, -0.2) is 4.98 Å². The number of aromatic nitrogens is 1. The van der Waals surface area contributed by atoms with Crippen molar-refractivity contribution >= 4 is 28.7 Å². The molecule has 1 aromatic carbocycles. The highest BCUT2D eigenvalue weighted by Gasteiger charge is 2.06. The molecular weight excluding hydrogens is 242 g/mol. The number of hydrogen-bond donors (Lipinski definition) is 1. The summed E-state index contributed by atoms with van der Waals surface area (Å²) in [6.07, 6.45) is 1.80. The molecule has 3 nitrogen and oxygen atoms in total. The minimum absolute atomic E-state index is 0.405. The predicted octanol–water partition coefficient (Wildman–Crippen LogP) is 2.79. The maximum Gasteiger partial charge on any atom is 0.132 e. The van der Waals surface area contributed by atoms with E-state index in [1.54, 1.807) is 6.20 Å². The molecule has 0 saturated carbocycles. The van der Waals surface area contributed by atoms with Gasteiger partial charge in [0.15, 0.2) is 0 Å². The monoisotopic (exact) mass is 257 g/mol. The van der Waals surface area contributed by atoms with E-state index in [4.69, 9.17) is 18.0 Å². The van der Waals surface area contributed by atoms with Gasteiger partial charge in [0.1, 0.15) is 10.8 Å². The number of hydrogen-bond acceptors (Lipinski definition) is 3. The van der Waals surface area contributed by atoms with Crippen molar-refractivity contribution in [3.05, 3.63) is 53.7 Å².